The first kappa shape index (κ1) is 26.9. The van der Waals surface area contributed by atoms with Crippen LogP contribution < -0.4 is 18.1 Å². The lowest BCUT2D eigenvalue weighted by Gasteiger charge is -2.41. The Morgan fingerprint density at radius 3 is 1.41 bits per heavy atom. The van der Waals surface area contributed by atoms with Gasteiger partial charge in [-0.25, -0.2) is 0 Å². The third-order valence-electron chi connectivity index (χ3n) is 7.86. The minimum Gasteiger partial charge on any atom is -1.00 e. The average Bonchev–Trinajstić information content (AvgIpc) is 2.63. The molecule has 162 valence electrons. The number of carbonyl (C=O) groups is 1. The van der Waals surface area contributed by atoms with Crippen LogP contribution in [0.15, 0.2) is 0 Å². The van der Waals surface area contributed by atoms with Gasteiger partial charge in [-0.15, -0.1) is 0 Å². The van der Waals surface area contributed by atoms with Crippen molar-refractivity contribution in [3.63, 3.8) is 0 Å². The molecule has 0 aromatic rings. The van der Waals surface area contributed by atoms with Gasteiger partial charge in [0.1, 0.15) is 5.78 Å². The Morgan fingerprint density at radius 1 is 0.630 bits per heavy atom. The summed E-state index contributed by atoms with van der Waals surface area (Å²) in [5, 5.41) is 0. The first-order valence-corrected chi connectivity index (χ1v) is 11.0. The molecule has 4 rings (SSSR count). The van der Waals surface area contributed by atoms with Crippen LogP contribution in [0.2, 0.25) is 0 Å². The fraction of sp³-hybridized carbons (Fsp3) is 0.958. The lowest BCUT2D eigenvalue weighted by molar-refractivity contribution is -0.428. The van der Waals surface area contributed by atoms with Gasteiger partial charge in [0.05, 0.1) is 6.04 Å². The van der Waals surface area contributed by atoms with Crippen LogP contribution in [0.4, 0.5) is 0 Å². The van der Waals surface area contributed by atoms with Crippen molar-refractivity contribution < 1.29 is 22.9 Å². The first-order chi connectivity index (χ1) is 11.6. The number of rotatable bonds is 0. The van der Waals surface area contributed by atoms with Gasteiger partial charge < -0.3 is 18.1 Å². The van der Waals surface area contributed by atoms with Gasteiger partial charge in [-0.2, -0.15) is 0 Å². The molecule has 2 spiro atoms. The summed E-state index contributed by atoms with van der Waals surface area (Å²) >= 11 is 0. The van der Waals surface area contributed by atoms with Crippen LogP contribution in [0.25, 0.3) is 0 Å². The van der Waals surface area contributed by atoms with Crippen LogP contribution in [-0.4, -0.2) is 11.8 Å². The molecule has 3 N–H and O–H groups in total. The molecule has 3 heteroatoms. The Balaban J connectivity index is 0.000000451. The van der Waals surface area contributed by atoms with Crippen LogP contribution in [0, 0.1) is 10.8 Å². The van der Waals surface area contributed by atoms with E-state index in [-0.39, 0.29) is 27.3 Å². The summed E-state index contributed by atoms with van der Waals surface area (Å²) < 4.78 is 0. The zero-order valence-corrected chi connectivity index (χ0v) is 17.1. The summed E-state index contributed by atoms with van der Waals surface area (Å²) in [4.78, 5) is 11.1. The number of ketones is 1. The summed E-state index contributed by atoms with van der Waals surface area (Å²) in [5.41, 5.74) is 5.59. The molecule has 0 atom stereocenters. The second kappa shape index (κ2) is 12.5. The van der Waals surface area contributed by atoms with Crippen LogP contribution in [-0.2, 0) is 4.79 Å². The highest BCUT2D eigenvalue weighted by Crippen LogP contribution is 2.47. The van der Waals surface area contributed by atoms with Crippen molar-refractivity contribution in [3.8, 4) is 0 Å². The number of Topliss-reactive ketones (excluding diaryl/α,β-unsaturated/α-hetero) is 1. The minimum absolute atomic E-state index is 0. The highest BCUT2D eigenvalue weighted by Gasteiger charge is 2.36. The predicted molar refractivity (Wildman–Crippen MR) is 113 cm³/mol. The Morgan fingerprint density at radius 2 is 1.00 bits per heavy atom. The second-order valence-electron chi connectivity index (χ2n) is 9.60. The molecule has 0 amide bonds. The summed E-state index contributed by atoms with van der Waals surface area (Å²) in [6, 6.07) is 0.776. The van der Waals surface area contributed by atoms with E-state index in [4.69, 9.17) is 0 Å². The molecule has 2 nitrogen and oxygen atoms in total. The lowest BCUT2D eigenvalue weighted by Crippen LogP contribution is -3.00. The predicted octanol–water partition coefficient (Wildman–Crippen LogP) is 3.48. The van der Waals surface area contributed by atoms with E-state index < -0.39 is 0 Å². The molecule has 0 heterocycles. The Hall–Kier alpha value is -0.0800. The van der Waals surface area contributed by atoms with Gasteiger partial charge in [0.15, 0.2) is 0 Å². The third-order valence-corrected chi connectivity index (χ3v) is 7.86. The van der Waals surface area contributed by atoms with Gasteiger partial charge in [0.25, 0.3) is 0 Å². The normalized spacial score (nSPS) is 26.6. The van der Waals surface area contributed by atoms with Gasteiger partial charge in [-0.05, 0) is 75.0 Å². The molecule has 0 unspecified atom stereocenters. The molecule has 4 aliphatic carbocycles. The molecule has 0 radical (unpaired) electrons. The van der Waals surface area contributed by atoms with Crippen molar-refractivity contribution in [2.45, 2.75) is 136 Å². The summed E-state index contributed by atoms with van der Waals surface area (Å²) in [7, 11) is 0. The van der Waals surface area contributed by atoms with E-state index in [1.54, 1.807) is 0 Å². The Labute approximate surface area is 176 Å². The SMILES string of the molecule is C.C.O=C1CCC2(CCCCC2)CC1.[Cl-].[NH3+]C1CCC2(CCCCC2)CC1. The maximum atomic E-state index is 11.1. The maximum Gasteiger partial charge on any atom is 0.132 e. The van der Waals surface area contributed by atoms with Crippen LogP contribution >= 0.6 is 0 Å². The van der Waals surface area contributed by atoms with E-state index in [0.29, 0.717) is 11.2 Å². The Bertz CT molecular complexity index is 389. The summed E-state index contributed by atoms with van der Waals surface area (Å²) in [6.07, 6.45) is 24.5. The van der Waals surface area contributed by atoms with Crippen molar-refractivity contribution in [2.75, 3.05) is 0 Å². The average molecular weight is 402 g/mol. The van der Waals surface area contributed by atoms with Gasteiger partial charge in [-0.1, -0.05) is 53.4 Å². The molecule has 4 saturated carbocycles. The third kappa shape index (κ3) is 7.69. The van der Waals surface area contributed by atoms with E-state index in [2.05, 4.69) is 5.73 Å². The van der Waals surface area contributed by atoms with E-state index in [0.717, 1.165) is 24.3 Å². The number of quaternary nitrogens is 1. The van der Waals surface area contributed by atoms with Gasteiger partial charge in [0.2, 0.25) is 0 Å². The number of carbonyl (C=O) groups excluding carboxylic acids is 1. The fourth-order valence-electron chi connectivity index (χ4n) is 5.95. The smallest absolute Gasteiger partial charge is 0.132 e. The molecule has 4 aliphatic rings. The number of halogens is 1. The highest BCUT2D eigenvalue weighted by molar-refractivity contribution is 5.79. The molecule has 0 aliphatic heterocycles. The standard InChI is InChI=1S/C11H21N.C11H18O.2CH4.ClH/c2*12-10-4-8-11(9-5-10)6-2-1-3-7-11;;;/h10H,1-9,12H2;1-9H2;2*1H4;1H. The topological polar surface area (TPSA) is 44.7 Å². The van der Waals surface area contributed by atoms with Crippen molar-refractivity contribution >= 4 is 5.78 Å². The van der Waals surface area contributed by atoms with Gasteiger partial charge >= 0.3 is 0 Å². The zero-order valence-electron chi connectivity index (χ0n) is 16.3. The Kier molecular flexibility index (Phi) is 12.4. The molecule has 0 aromatic carbocycles. The fourth-order valence-corrected chi connectivity index (χ4v) is 5.95. The van der Waals surface area contributed by atoms with Gasteiger partial charge in [0, 0.05) is 12.8 Å². The van der Waals surface area contributed by atoms with Gasteiger partial charge in [-0.3, -0.25) is 4.79 Å². The highest BCUT2D eigenvalue weighted by atomic mass is 35.5. The van der Waals surface area contributed by atoms with E-state index >= 15 is 0 Å². The molecule has 0 aromatic heterocycles. The second-order valence-corrected chi connectivity index (χ2v) is 9.60. The zero-order chi connectivity index (χ0) is 16.9. The monoisotopic (exact) mass is 401 g/mol. The first-order valence-electron chi connectivity index (χ1n) is 11.0. The van der Waals surface area contributed by atoms with E-state index in [1.165, 1.54) is 103 Å². The van der Waals surface area contributed by atoms with Crippen LogP contribution in [0.1, 0.15) is 130 Å². The largest absolute Gasteiger partial charge is 1.00 e. The molecular weight excluding hydrogens is 354 g/mol. The summed E-state index contributed by atoms with van der Waals surface area (Å²) in [5.74, 6) is 0.506. The van der Waals surface area contributed by atoms with Crippen molar-refractivity contribution in [2.24, 2.45) is 10.8 Å². The minimum atomic E-state index is 0. The van der Waals surface area contributed by atoms with Crippen LogP contribution in [0.5, 0.6) is 0 Å². The van der Waals surface area contributed by atoms with Crippen LogP contribution in [0.3, 0.4) is 0 Å². The number of hydrogen-bond acceptors (Lipinski definition) is 1. The van der Waals surface area contributed by atoms with E-state index in [1.807, 2.05) is 0 Å². The molecule has 0 bridgehead atoms. The number of hydrogen-bond donors (Lipinski definition) is 1. The molecule has 27 heavy (non-hydrogen) atoms. The molecular formula is C24H48ClNO. The van der Waals surface area contributed by atoms with Crippen molar-refractivity contribution in [1.82, 2.24) is 0 Å². The molecule has 0 saturated heterocycles. The summed E-state index contributed by atoms with van der Waals surface area (Å²) in [6.45, 7) is 0. The van der Waals surface area contributed by atoms with E-state index in [9.17, 15) is 4.79 Å². The maximum absolute atomic E-state index is 11.1. The van der Waals surface area contributed by atoms with Crippen molar-refractivity contribution in [1.29, 1.82) is 0 Å². The lowest BCUT2D eigenvalue weighted by atomic mass is 9.65. The molecule has 4 fully saturated rings. The quantitative estimate of drug-likeness (QED) is 0.663. The van der Waals surface area contributed by atoms with Crippen molar-refractivity contribution in [3.05, 3.63) is 0 Å².